The molecule has 1 saturated heterocycles. The molecule has 2 aromatic heterocycles. The molecular weight excluding hydrogens is 408 g/mol. The van der Waals surface area contributed by atoms with Gasteiger partial charge in [0.05, 0.1) is 16.1 Å². The summed E-state index contributed by atoms with van der Waals surface area (Å²) in [6.45, 7) is 6.07. The molecule has 1 unspecified atom stereocenters. The van der Waals surface area contributed by atoms with Crippen molar-refractivity contribution in [2.75, 3.05) is 26.2 Å². The lowest BCUT2D eigenvalue weighted by Gasteiger charge is -2.35. The van der Waals surface area contributed by atoms with E-state index in [-0.39, 0.29) is 12.1 Å². The normalized spacial score (nSPS) is 16.0. The largest absolute Gasteiger partial charge is 0.331 e. The second-order valence-corrected chi connectivity index (χ2v) is 8.87. The minimum Gasteiger partial charge on any atom is -0.331 e. The standard InChI is InChI=1S/C20H23ClN6OS/c1-15(16-2-4-17(5-3-16)27-14-22-13-23-27)24-20(28)26-10-8-25(9-11-26)12-18-6-7-19(21)29-18/h2-7,13-15H,8-12H2,1H3,(H,24,28). The van der Waals surface area contributed by atoms with Gasteiger partial charge in [-0.05, 0) is 36.8 Å². The van der Waals surface area contributed by atoms with Gasteiger partial charge in [-0.2, -0.15) is 5.10 Å². The third-order valence-electron chi connectivity index (χ3n) is 5.08. The lowest BCUT2D eigenvalue weighted by Crippen LogP contribution is -2.51. The van der Waals surface area contributed by atoms with Crippen LogP contribution >= 0.6 is 22.9 Å². The number of hydrogen-bond acceptors (Lipinski definition) is 5. The predicted molar refractivity (Wildman–Crippen MR) is 114 cm³/mol. The Morgan fingerprint density at radius 2 is 1.93 bits per heavy atom. The third-order valence-corrected chi connectivity index (χ3v) is 6.30. The molecule has 7 nitrogen and oxygen atoms in total. The Bertz CT molecular complexity index is 934. The van der Waals surface area contributed by atoms with Gasteiger partial charge in [-0.15, -0.1) is 11.3 Å². The lowest BCUT2D eigenvalue weighted by atomic mass is 10.1. The molecule has 0 aliphatic carbocycles. The molecule has 1 aromatic carbocycles. The molecule has 1 aliphatic rings. The number of nitrogens with zero attached hydrogens (tertiary/aromatic N) is 5. The molecule has 29 heavy (non-hydrogen) atoms. The van der Waals surface area contributed by atoms with Crippen molar-refractivity contribution in [3.63, 3.8) is 0 Å². The molecule has 1 fully saturated rings. The Hall–Kier alpha value is -2.42. The Morgan fingerprint density at radius 3 is 2.55 bits per heavy atom. The second-order valence-electron chi connectivity index (χ2n) is 7.07. The number of piperazine rings is 1. The van der Waals surface area contributed by atoms with Gasteiger partial charge < -0.3 is 10.2 Å². The molecule has 4 rings (SSSR count). The first-order valence-corrected chi connectivity index (χ1v) is 10.7. The van der Waals surface area contributed by atoms with Gasteiger partial charge in [0, 0.05) is 37.6 Å². The summed E-state index contributed by atoms with van der Waals surface area (Å²) in [7, 11) is 0. The first-order valence-electron chi connectivity index (χ1n) is 9.55. The van der Waals surface area contributed by atoms with E-state index in [1.807, 2.05) is 42.2 Å². The molecule has 0 bridgehead atoms. The molecule has 0 saturated carbocycles. The number of carbonyl (C=O) groups excluding carboxylic acids is 1. The summed E-state index contributed by atoms with van der Waals surface area (Å²) >= 11 is 7.62. The summed E-state index contributed by atoms with van der Waals surface area (Å²) in [4.78, 5) is 22.1. The second kappa shape index (κ2) is 8.94. The van der Waals surface area contributed by atoms with Gasteiger partial charge in [0.1, 0.15) is 12.7 Å². The maximum atomic E-state index is 12.7. The number of benzene rings is 1. The van der Waals surface area contributed by atoms with E-state index in [4.69, 9.17) is 11.6 Å². The van der Waals surface area contributed by atoms with Gasteiger partial charge in [-0.3, -0.25) is 4.90 Å². The van der Waals surface area contributed by atoms with E-state index in [9.17, 15) is 4.79 Å². The first-order chi connectivity index (χ1) is 14.1. The maximum absolute atomic E-state index is 12.7. The molecular formula is C20H23ClN6OS. The van der Waals surface area contributed by atoms with Crippen LogP contribution < -0.4 is 5.32 Å². The minimum atomic E-state index is -0.0708. The van der Waals surface area contributed by atoms with E-state index >= 15 is 0 Å². The molecule has 1 atom stereocenters. The molecule has 1 aliphatic heterocycles. The number of amides is 2. The van der Waals surface area contributed by atoms with Crippen LogP contribution in [-0.2, 0) is 6.54 Å². The summed E-state index contributed by atoms with van der Waals surface area (Å²) in [5, 5.41) is 7.23. The molecule has 152 valence electrons. The van der Waals surface area contributed by atoms with Crippen molar-refractivity contribution in [1.82, 2.24) is 29.9 Å². The zero-order valence-corrected chi connectivity index (χ0v) is 17.7. The quantitative estimate of drug-likeness (QED) is 0.672. The van der Waals surface area contributed by atoms with Crippen LogP contribution in [0.15, 0.2) is 49.1 Å². The van der Waals surface area contributed by atoms with Crippen molar-refractivity contribution in [2.24, 2.45) is 0 Å². The SMILES string of the molecule is CC(NC(=O)N1CCN(Cc2ccc(Cl)s2)CC1)c1ccc(-n2cncn2)cc1. The van der Waals surface area contributed by atoms with Crippen molar-refractivity contribution in [2.45, 2.75) is 19.5 Å². The molecule has 2 amide bonds. The fourth-order valence-corrected chi connectivity index (χ4v) is 4.51. The molecule has 3 aromatic rings. The Labute approximate surface area is 178 Å². The summed E-state index contributed by atoms with van der Waals surface area (Å²) in [6, 6.07) is 11.9. The van der Waals surface area contributed by atoms with Crippen LogP contribution in [0, 0.1) is 0 Å². The van der Waals surface area contributed by atoms with Gasteiger partial charge in [-0.1, -0.05) is 23.7 Å². The van der Waals surface area contributed by atoms with Gasteiger partial charge >= 0.3 is 6.03 Å². The summed E-state index contributed by atoms with van der Waals surface area (Å²) in [6.07, 6.45) is 3.17. The number of nitrogens with one attached hydrogen (secondary N) is 1. The third kappa shape index (κ3) is 4.95. The average Bonchev–Trinajstić information content (AvgIpc) is 3.41. The van der Waals surface area contributed by atoms with Gasteiger partial charge in [0.2, 0.25) is 0 Å². The lowest BCUT2D eigenvalue weighted by molar-refractivity contribution is 0.134. The fraction of sp³-hybridized carbons (Fsp3) is 0.350. The number of halogens is 1. The van der Waals surface area contributed by atoms with E-state index < -0.39 is 0 Å². The van der Waals surface area contributed by atoms with E-state index in [1.165, 1.54) is 11.2 Å². The van der Waals surface area contributed by atoms with Gasteiger partial charge in [0.25, 0.3) is 0 Å². The molecule has 0 radical (unpaired) electrons. The highest BCUT2D eigenvalue weighted by Crippen LogP contribution is 2.23. The summed E-state index contributed by atoms with van der Waals surface area (Å²) < 4.78 is 2.53. The topological polar surface area (TPSA) is 66.3 Å². The van der Waals surface area contributed by atoms with Gasteiger partial charge in [-0.25, -0.2) is 14.5 Å². The summed E-state index contributed by atoms with van der Waals surface area (Å²) in [5.74, 6) is 0. The number of urea groups is 1. The van der Waals surface area contributed by atoms with E-state index in [0.29, 0.717) is 0 Å². The monoisotopic (exact) mass is 430 g/mol. The van der Waals surface area contributed by atoms with Crippen molar-refractivity contribution in [1.29, 1.82) is 0 Å². The Balaban J connectivity index is 1.27. The number of carbonyl (C=O) groups is 1. The number of hydrogen-bond donors (Lipinski definition) is 1. The van der Waals surface area contributed by atoms with Crippen LogP contribution in [0.25, 0.3) is 5.69 Å². The zero-order valence-electron chi connectivity index (χ0n) is 16.2. The van der Waals surface area contributed by atoms with Crippen LogP contribution in [0.1, 0.15) is 23.4 Å². The molecule has 9 heteroatoms. The van der Waals surface area contributed by atoms with Crippen molar-refractivity contribution in [3.05, 3.63) is 63.8 Å². The smallest absolute Gasteiger partial charge is 0.317 e. The van der Waals surface area contributed by atoms with Crippen molar-refractivity contribution < 1.29 is 4.79 Å². The zero-order chi connectivity index (χ0) is 20.2. The van der Waals surface area contributed by atoms with Crippen LogP contribution in [0.3, 0.4) is 0 Å². The van der Waals surface area contributed by atoms with E-state index in [1.54, 1.807) is 22.3 Å². The number of thiophene rings is 1. The van der Waals surface area contributed by atoms with Gasteiger partial charge in [0.15, 0.2) is 0 Å². The van der Waals surface area contributed by atoms with Crippen LogP contribution in [0.5, 0.6) is 0 Å². The highest BCUT2D eigenvalue weighted by Gasteiger charge is 2.22. The van der Waals surface area contributed by atoms with Crippen molar-refractivity contribution >= 4 is 29.0 Å². The highest BCUT2D eigenvalue weighted by molar-refractivity contribution is 7.16. The van der Waals surface area contributed by atoms with Crippen LogP contribution in [0.4, 0.5) is 4.79 Å². The Morgan fingerprint density at radius 1 is 1.17 bits per heavy atom. The maximum Gasteiger partial charge on any atom is 0.317 e. The number of rotatable bonds is 5. The number of aromatic nitrogens is 3. The predicted octanol–water partition coefficient (Wildman–Crippen LogP) is 3.57. The highest BCUT2D eigenvalue weighted by atomic mass is 35.5. The van der Waals surface area contributed by atoms with Crippen LogP contribution in [0.2, 0.25) is 4.34 Å². The van der Waals surface area contributed by atoms with Crippen LogP contribution in [-0.4, -0.2) is 56.8 Å². The first kappa shape index (κ1) is 19.9. The molecule has 1 N–H and O–H groups in total. The fourth-order valence-electron chi connectivity index (χ4n) is 3.38. The minimum absolute atomic E-state index is 0.0170. The van der Waals surface area contributed by atoms with E-state index in [2.05, 4.69) is 26.4 Å². The average molecular weight is 431 g/mol. The summed E-state index contributed by atoms with van der Waals surface area (Å²) in [5.41, 5.74) is 1.99. The molecule has 3 heterocycles. The Kier molecular flexibility index (Phi) is 6.13. The van der Waals surface area contributed by atoms with Crippen molar-refractivity contribution in [3.8, 4) is 5.69 Å². The van der Waals surface area contributed by atoms with E-state index in [0.717, 1.165) is 48.3 Å². The molecule has 0 spiro atoms.